The summed E-state index contributed by atoms with van der Waals surface area (Å²) in [5.41, 5.74) is 4.46. The van der Waals surface area contributed by atoms with Gasteiger partial charge in [0.1, 0.15) is 5.82 Å². The summed E-state index contributed by atoms with van der Waals surface area (Å²) in [6, 6.07) is 12.1. The van der Waals surface area contributed by atoms with Crippen molar-refractivity contribution in [1.29, 1.82) is 0 Å². The van der Waals surface area contributed by atoms with Crippen LogP contribution >= 0.6 is 0 Å². The van der Waals surface area contributed by atoms with Gasteiger partial charge in [0.2, 0.25) is 5.91 Å². The van der Waals surface area contributed by atoms with E-state index in [0.717, 1.165) is 35.0 Å². The smallest absolute Gasteiger partial charge is 0.237 e. The minimum absolute atomic E-state index is 0.0364. The van der Waals surface area contributed by atoms with Gasteiger partial charge in [0, 0.05) is 17.1 Å². The van der Waals surface area contributed by atoms with Crippen LogP contribution in [0.4, 0.5) is 5.82 Å². The zero-order chi connectivity index (χ0) is 18.2. The molecule has 27 heavy (non-hydrogen) atoms. The average Bonchev–Trinajstić information content (AvgIpc) is 3.41. The molecule has 1 saturated carbocycles. The molecular weight excluding hydrogens is 338 g/mol. The first-order chi connectivity index (χ1) is 13.1. The number of hydrogen-bond acceptors (Lipinski definition) is 4. The van der Waals surface area contributed by atoms with Crippen LogP contribution in [-0.4, -0.2) is 21.0 Å². The van der Waals surface area contributed by atoms with E-state index in [1.54, 1.807) is 6.20 Å². The Kier molecular flexibility index (Phi) is 2.91. The highest BCUT2D eigenvalue weighted by atomic mass is 16.3. The third kappa shape index (κ3) is 2.12. The summed E-state index contributed by atoms with van der Waals surface area (Å²) in [6.45, 7) is 0. The molecule has 3 aliphatic rings. The van der Waals surface area contributed by atoms with Gasteiger partial charge in [0.05, 0.1) is 22.7 Å². The molecule has 0 bridgehead atoms. The van der Waals surface area contributed by atoms with Gasteiger partial charge in [0.25, 0.3) is 0 Å². The second-order valence-corrected chi connectivity index (χ2v) is 8.12. The predicted molar refractivity (Wildman–Crippen MR) is 101 cm³/mol. The number of pyridine rings is 2. The Labute approximate surface area is 156 Å². The molecular formula is C22H19N3O2. The Balaban J connectivity index is 1.44. The number of nitrogens with zero attached hydrogens (tertiary/aromatic N) is 2. The molecule has 1 amide bonds. The van der Waals surface area contributed by atoms with Crippen LogP contribution in [0, 0.1) is 5.92 Å². The van der Waals surface area contributed by atoms with Crippen molar-refractivity contribution < 1.29 is 9.90 Å². The Morgan fingerprint density at radius 2 is 1.96 bits per heavy atom. The van der Waals surface area contributed by atoms with E-state index in [0.29, 0.717) is 24.6 Å². The molecule has 1 aliphatic heterocycles. The van der Waals surface area contributed by atoms with E-state index >= 15 is 0 Å². The highest BCUT2D eigenvalue weighted by Crippen LogP contribution is 2.47. The largest absolute Gasteiger partial charge is 0.387 e. The molecule has 2 unspecified atom stereocenters. The molecule has 2 aromatic heterocycles. The number of benzene rings is 1. The van der Waals surface area contributed by atoms with Gasteiger partial charge in [-0.3, -0.25) is 9.78 Å². The summed E-state index contributed by atoms with van der Waals surface area (Å²) < 4.78 is 0. The number of amides is 1. The number of hydrogen-bond donors (Lipinski definition) is 2. The molecule has 0 saturated heterocycles. The topological polar surface area (TPSA) is 75.1 Å². The standard InChI is InChI=1S/C22H19N3O2/c26-19(12-3-4-12)17-6-5-13-8-14-10-22(11-15(14)9-18(13)24-17)16-2-1-7-23-20(16)25-21(22)27/h1-2,5-9,12,19,26H,3-4,10-11H2,(H,23,25,27). The highest BCUT2D eigenvalue weighted by Gasteiger charge is 2.51. The van der Waals surface area contributed by atoms with Gasteiger partial charge in [-0.1, -0.05) is 12.1 Å². The second-order valence-electron chi connectivity index (χ2n) is 8.12. The molecule has 2 N–H and O–H groups in total. The van der Waals surface area contributed by atoms with Gasteiger partial charge in [-0.25, -0.2) is 4.98 Å². The Morgan fingerprint density at radius 1 is 1.15 bits per heavy atom. The maximum Gasteiger partial charge on any atom is 0.237 e. The minimum atomic E-state index is -0.556. The lowest BCUT2D eigenvalue weighted by Crippen LogP contribution is -2.35. The first kappa shape index (κ1) is 15.3. The number of aliphatic hydroxyl groups is 1. The van der Waals surface area contributed by atoms with Crippen LogP contribution in [0.15, 0.2) is 42.6 Å². The number of anilines is 1. The van der Waals surface area contributed by atoms with Crippen LogP contribution in [0.25, 0.3) is 10.9 Å². The minimum Gasteiger partial charge on any atom is -0.387 e. The summed E-state index contributed by atoms with van der Waals surface area (Å²) in [5.74, 6) is 1.08. The molecule has 5 nitrogen and oxygen atoms in total. The molecule has 1 fully saturated rings. The Morgan fingerprint density at radius 3 is 2.78 bits per heavy atom. The lowest BCUT2D eigenvalue weighted by atomic mass is 9.79. The van der Waals surface area contributed by atoms with Crippen molar-refractivity contribution in [2.75, 3.05) is 5.32 Å². The summed E-state index contributed by atoms with van der Waals surface area (Å²) in [7, 11) is 0. The monoisotopic (exact) mass is 357 g/mol. The van der Waals surface area contributed by atoms with Crippen LogP contribution in [-0.2, 0) is 23.1 Å². The summed E-state index contributed by atoms with van der Waals surface area (Å²) in [6.07, 6.45) is 4.76. The van der Waals surface area contributed by atoms with E-state index in [4.69, 9.17) is 4.98 Å². The third-order valence-corrected chi connectivity index (χ3v) is 6.38. The molecule has 0 radical (unpaired) electrons. The van der Waals surface area contributed by atoms with E-state index in [-0.39, 0.29) is 5.91 Å². The SMILES string of the molecule is O=C1Nc2ncccc2C12Cc1cc3ccc(C(O)C4CC4)nc3cc1C2. The maximum atomic E-state index is 12.8. The van der Waals surface area contributed by atoms with E-state index in [2.05, 4.69) is 22.4 Å². The zero-order valence-electron chi connectivity index (χ0n) is 14.8. The van der Waals surface area contributed by atoms with Crippen molar-refractivity contribution in [3.05, 3.63) is 65.0 Å². The van der Waals surface area contributed by atoms with Crippen LogP contribution < -0.4 is 5.32 Å². The Bertz CT molecular complexity index is 1120. The van der Waals surface area contributed by atoms with E-state index in [9.17, 15) is 9.90 Å². The van der Waals surface area contributed by atoms with Gasteiger partial charge in [0.15, 0.2) is 0 Å². The summed E-state index contributed by atoms with van der Waals surface area (Å²) in [4.78, 5) is 21.9. The second kappa shape index (κ2) is 5.14. The molecule has 5 heteroatoms. The number of aromatic nitrogens is 2. The lowest BCUT2D eigenvalue weighted by molar-refractivity contribution is -0.120. The lowest BCUT2D eigenvalue weighted by Gasteiger charge is -2.20. The van der Waals surface area contributed by atoms with Crippen LogP contribution in [0.2, 0.25) is 0 Å². The van der Waals surface area contributed by atoms with Gasteiger partial charge in [-0.15, -0.1) is 0 Å². The summed E-state index contributed by atoms with van der Waals surface area (Å²) >= 11 is 0. The molecule has 3 aromatic rings. The first-order valence-electron chi connectivity index (χ1n) is 9.51. The quantitative estimate of drug-likeness (QED) is 0.739. The number of rotatable bonds is 2. The van der Waals surface area contributed by atoms with Crippen LogP contribution in [0.5, 0.6) is 0 Å². The molecule has 134 valence electrons. The molecule has 1 spiro atoms. The molecule has 1 aromatic carbocycles. The van der Waals surface area contributed by atoms with Gasteiger partial charge in [-0.05, 0) is 67.0 Å². The number of fused-ring (bicyclic) bond motifs is 4. The van der Waals surface area contributed by atoms with Crippen LogP contribution in [0.1, 0.15) is 41.3 Å². The van der Waals surface area contributed by atoms with Gasteiger partial charge in [-0.2, -0.15) is 0 Å². The summed E-state index contributed by atoms with van der Waals surface area (Å²) in [5, 5.41) is 14.4. The van der Waals surface area contributed by atoms with E-state index in [1.807, 2.05) is 24.3 Å². The average molecular weight is 357 g/mol. The van der Waals surface area contributed by atoms with Crippen molar-refractivity contribution in [2.45, 2.75) is 37.2 Å². The fourth-order valence-corrected chi connectivity index (χ4v) is 4.73. The number of carbonyl (C=O) groups excluding carboxylic acids is 1. The first-order valence-corrected chi connectivity index (χ1v) is 9.51. The van der Waals surface area contributed by atoms with E-state index in [1.165, 1.54) is 11.1 Å². The molecule has 2 aliphatic carbocycles. The predicted octanol–water partition coefficient (Wildman–Crippen LogP) is 3.06. The normalized spacial score (nSPS) is 24.1. The van der Waals surface area contributed by atoms with Crippen molar-refractivity contribution >= 4 is 22.6 Å². The third-order valence-electron chi connectivity index (χ3n) is 6.38. The van der Waals surface area contributed by atoms with Crippen molar-refractivity contribution in [2.24, 2.45) is 5.92 Å². The van der Waals surface area contributed by atoms with Gasteiger partial charge >= 0.3 is 0 Å². The number of nitrogens with one attached hydrogen (secondary N) is 1. The fraction of sp³-hybridized carbons (Fsp3) is 0.318. The van der Waals surface area contributed by atoms with Crippen LogP contribution in [0.3, 0.4) is 0 Å². The van der Waals surface area contributed by atoms with Gasteiger partial charge < -0.3 is 10.4 Å². The zero-order valence-corrected chi connectivity index (χ0v) is 14.8. The van der Waals surface area contributed by atoms with E-state index < -0.39 is 11.5 Å². The molecule has 2 atom stereocenters. The van der Waals surface area contributed by atoms with Crippen molar-refractivity contribution in [3.8, 4) is 0 Å². The maximum absolute atomic E-state index is 12.8. The number of aliphatic hydroxyl groups excluding tert-OH is 1. The fourth-order valence-electron chi connectivity index (χ4n) is 4.73. The van der Waals surface area contributed by atoms with Crippen molar-refractivity contribution in [3.63, 3.8) is 0 Å². The molecule has 3 heterocycles. The number of carbonyl (C=O) groups is 1. The van der Waals surface area contributed by atoms with Crippen molar-refractivity contribution in [1.82, 2.24) is 9.97 Å². The molecule has 6 rings (SSSR count). The Hall–Kier alpha value is -2.79. The highest BCUT2D eigenvalue weighted by molar-refractivity contribution is 6.06.